The summed E-state index contributed by atoms with van der Waals surface area (Å²) in [5, 5.41) is 10.2. The molecular formula is C22H29N5O3. The van der Waals surface area contributed by atoms with Crippen molar-refractivity contribution in [2.24, 2.45) is 5.92 Å². The topological polar surface area (TPSA) is 100 Å². The summed E-state index contributed by atoms with van der Waals surface area (Å²) in [6.45, 7) is 0. The van der Waals surface area contributed by atoms with Crippen LogP contribution in [0.15, 0.2) is 30.5 Å². The molecule has 0 bridgehead atoms. The predicted octanol–water partition coefficient (Wildman–Crippen LogP) is 4.23. The van der Waals surface area contributed by atoms with Crippen LogP contribution in [-0.2, 0) is 9.53 Å². The van der Waals surface area contributed by atoms with E-state index in [0.717, 1.165) is 44.2 Å². The average molecular weight is 412 g/mol. The van der Waals surface area contributed by atoms with Gasteiger partial charge in [-0.05, 0) is 37.8 Å². The lowest BCUT2D eigenvalue weighted by Gasteiger charge is -2.34. The minimum absolute atomic E-state index is 0.0768. The van der Waals surface area contributed by atoms with Gasteiger partial charge in [0, 0.05) is 36.8 Å². The molecular weight excluding hydrogens is 382 g/mol. The van der Waals surface area contributed by atoms with E-state index in [1.54, 1.807) is 25.4 Å². The van der Waals surface area contributed by atoms with E-state index >= 15 is 0 Å². The Morgan fingerprint density at radius 2 is 1.93 bits per heavy atom. The van der Waals surface area contributed by atoms with E-state index < -0.39 is 6.09 Å². The molecule has 2 N–H and O–H groups in total. The van der Waals surface area contributed by atoms with Gasteiger partial charge in [0.15, 0.2) is 5.82 Å². The average Bonchev–Trinajstić information content (AvgIpc) is 3.00. The molecule has 160 valence electrons. The smallest absolute Gasteiger partial charge is 0.415 e. The van der Waals surface area contributed by atoms with E-state index in [1.165, 1.54) is 17.7 Å². The Hall–Kier alpha value is -2.90. The standard InChI is InChI=1S/C22H29N5O3/c1-27(20-10-6-7-11-23-20)22(29)30-17-12-16(13-17)18-14-19(26-25-18)24-21(28)15-8-4-2-3-5-9-15/h6-7,10-11,14-17H,2-5,8-9,12-13H2,1H3,(H2,24,25,26,28). The maximum atomic E-state index is 12.5. The van der Waals surface area contributed by atoms with Crippen LogP contribution in [0.5, 0.6) is 0 Å². The van der Waals surface area contributed by atoms with Crippen LogP contribution >= 0.6 is 0 Å². The third-order valence-electron chi connectivity index (χ3n) is 6.14. The summed E-state index contributed by atoms with van der Waals surface area (Å²) >= 11 is 0. The van der Waals surface area contributed by atoms with E-state index in [2.05, 4.69) is 20.5 Å². The van der Waals surface area contributed by atoms with E-state index in [9.17, 15) is 9.59 Å². The van der Waals surface area contributed by atoms with Gasteiger partial charge in [0.2, 0.25) is 5.91 Å². The number of rotatable bonds is 5. The number of carbonyl (C=O) groups excluding carboxylic acids is 2. The Bertz CT molecular complexity index is 855. The van der Waals surface area contributed by atoms with E-state index in [0.29, 0.717) is 11.6 Å². The van der Waals surface area contributed by atoms with Gasteiger partial charge in [-0.25, -0.2) is 9.78 Å². The van der Waals surface area contributed by atoms with Gasteiger partial charge in [-0.2, -0.15) is 5.10 Å². The molecule has 4 rings (SSSR count). The fourth-order valence-electron chi connectivity index (χ4n) is 4.16. The van der Waals surface area contributed by atoms with Crippen molar-refractivity contribution in [3.05, 3.63) is 36.2 Å². The summed E-state index contributed by atoms with van der Waals surface area (Å²) in [6, 6.07) is 7.30. The maximum absolute atomic E-state index is 12.5. The fourth-order valence-corrected chi connectivity index (χ4v) is 4.16. The van der Waals surface area contributed by atoms with Crippen LogP contribution in [0.25, 0.3) is 0 Å². The quantitative estimate of drug-likeness (QED) is 0.717. The maximum Gasteiger partial charge on any atom is 0.415 e. The van der Waals surface area contributed by atoms with Crippen molar-refractivity contribution in [3.8, 4) is 0 Å². The molecule has 2 aliphatic rings. The van der Waals surface area contributed by atoms with Crippen LogP contribution in [0.2, 0.25) is 0 Å². The number of ether oxygens (including phenoxy) is 1. The van der Waals surface area contributed by atoms with Crippen LogP contribution in [-0.4, -0.2) is 40.3 Å². The van der Waals surface area contributed by atoms with Gasteiger partial charge >= 0.3 is 6.09 Å². The Balaban J connectivity index is 1.24. The monoisotopic (exact) mass is 411 g/mol. The molecule has 2 aromatic heterocycles. The molecule has 0 radical (unpaired) electrons. The number of H-pyrrole nitrogens is 1. The van der Waals surface area contributed by atoms with Crippen LogP contribution in [0.3, 0.4) is 0 Å². The SMILES string of the molecule is CN(C(=O)OC1CC(c2cc(NC(=O)C3CCCCCC3)n[nH]2)C1)c1ccccn1. The first-order valence-corrected chi connectivity index (χ1v) is 10.8. The highest BCUT2D eigenvalue weighted by Gasteiger charge is 2.35. The second-order valence-corrected chi connectivity index (χ2v) is 8.31. The molecule has 0 aromatic carbocycles. The first-order valence-electron chi connectivity index (χ1n) is 10.8. The number of carbonyl (C=O) groups is 2. The summed E-state index contributed by atoms with van der Waals surface area (Å²) in [6.07, 6.45) is 9.21. The number of amides is 2. The van der Waals surface area contributed by atoms with E-state index in [1.807, 2.05) is 12.1 Å². The molecule has 2 aromatic rings. The third-order valence-corrected chi connectivity index (χ3v) is 6.14. The predicted molar refractivity (Wildman–Crippen MR) is 113 cm³/mol. The molecule has 0 atom stereocenters. The van der Waals surface area contributed by atoms with Crippen molar-refractivity contribution in [2.45, 2.75) is 63.4 Å². The van der Waals surface area contributed by atoms with E-state index in [-0.39, 0.29) is 23.8 Å². The molecule has 0 spiro atoms. The normalized spacial score (nSPS) is 21.9. The zero-order valence-electron chi connectivity index (χ0n) is 17.3. The minimum Gasteiger partial charge on any atom is -0.446 e. The molecule has 0 saturated heterocycles. The van der Waals surface area contributed by atoms with Crippen molar-refractivity contribution < 1.29 is 14.3 Å². The number of hydrogen-bond donors (Lipinski definition) is 2. The van der Waals surface area contributed by atoms with Crippen molar-refractivity contribution in [3.63, 3.8) is 0 Å². The van der Waals surface area contributed by atoms with Crippen molar-refractivity contribution in [1.29, 1.82) is 0 Å². The van der Waals surface area contributed by atoms with Gasteiger partial charge in [-0.15, -0.1) is 0 Å². The number of nitrogens with one attached hydrogen (secondary N) is 2. The summed E-state index contributed by atoms with van der Waals surface area (Å²) in [5.74, 6) is 1.55. The minimum atomic E-state index is -0.405. The van der Waals surface area contributed by atoms with Gasteiger partial charge in [-0.3, -0.25) is 14.8 Å². The first-order chi connectivity index (χ1) is 14.6. The molecule has 2 heterocycles. The van der Waals surface area contributed by atoms with E-state index in [4.69, 9.17) is 4.74 Å². The zero-order valence-corrected chi connectivity index (χ0v) is 17.3. The lowest BCUT2D eigenvalue weighted by atomic mass is 9.80. The number of nitrogens with zero attached hydrogens (tertiary/aromatic N) is 3. The molecule has 8 nitrogen and oxygen atoms in total. The number of anilines is 2. The van der Waals surface area contributed by atoms with Crippen molar-refractivity contribution in [1.82, 2.24) is 15.2 Å². The Kier molecular flexibility index (Phi) is 6.30. The number of pyridine rings is 1. The second kappa shape index (κ2) is 9.28. The number of hydrogen-bond acceptors (Lipinski definition) is 5. The molecule has 0 aliphatic heterocycles. The van der Waals surface area contributed by atoms with Gasteiger partial charge < -0.3 is 10.1 Å². The number of aromatic amines is 1. The van der Waals surface area contributed by atoms with Gasteiger partial charge in [-0.1, -0.05) is 31.7 Å². The molecule has 2 aliphatic carbocycles. The molecule has 2 amide bonds. The molecule has 2 saturated carbocycles. The highest BCUT2D eigenvalue weighted by atomic mass is 16.6. The van der Waals surface area contributed by atoms with Crippen LogP contribution in [0.4, 0.5) is 16.4 Å². The Morgan fingerprint density at radius 1 is 1.17 bits per heavy atom. The highest BCUT2D eigenvalue weighted by molar-refractivity contribution is 5.91. The largest absolute Gasteiger partial charge is 0.446 e. The van der Waals surface area contributed by atoms with Crippen LogP contribution in [0.1, 0.15) is 63.0 Å². The molecule has 0 unspecified atom stereocenters. The summed E-state index contributed by atoms with van der Waals surface area (Å²) < 4.78 is 5.56. The highest BCUT2D eigenvalue weighted by Crippen LogP contribution is 2.39. The van der Waals surface area contributed by atoms with Crippen molar-refractivity contribution >= 4 is 23.6 Å². The fraction of sp³-hybridized carbons (Fsp3) is 0.545. The van der Waals surface area contributed by atoms with Gasteiger partial charge in [0.05, 0.1) is 0 Å². The summed E-state index contributed by atoms with van der Waals surface area (Å²) in [7, 11) is 1.65. The van der Waals surface area contributed by atoms with Crippen LogP contribution < -0.4 is 10.2 Å². The third kappa shape index (κ3) is 4.80. The molecule has 30 heavy (non-hydrogen) atoms. The van der Waals surface area contributed by atoms with Gasteiger partial charge in [0.1, 0.15) is 11.9 Å². The summed E-state index contributed by atoms with van der Waals surface area (Å²) in [4.78, 5) is 30.4. The zero-order chi connectivity index (χ0) is 20.9. The van der Waals surface area contributed by atoms with Crippen molar-refractivity contribution in [2.75, 3.05) is 17.3 Å². The lowest BCUT2D eigenvalue weighted by Crippen LogP contribution is -2.37. The summed E-state index contributed by atoms with van der Waals surface area (Å²) in [5.41, 5.74) is 0.969. The second-order valence-electron chi connectivity index (χ2n) is 8.31. The van der Waals surface area contributed by atoms with Gasteiger partial charge in [0.25, 0.3) is 0 Å². The first kappa shape index (κ1) is 20.4. The lowest BCUT2D eigenvalue weighted by molar-refractivity contribution is -0.120. The molecule has 2 fully saturated rings. The van der Waals surface area contributed by atoms with Crippen LogP contribution in [0, 0.1) is 5.92 Å². The molecule has 8 heteroatoms. The Labute approximate surface area is 176 Å². The Morgan fingerprint density at radius 3 is 2.63 bits per heavy atom. The number of aromatic nitrogens is 3.